The van der Waals surface area contributed by atoms with Crippen LogP contribution in [-0.2, 0) is 22.4 Å². The highest BCUT2D eigenvalue weighted by atomic mass is 32.2. The summed E-state index contributed by atoms with van der Waals surface area (Å²) in [5.74, 6) is -0.0968. The van der Waals surface area contributed by atoms with Crippen molar-refractivity contribution in [3.05, 3.63) is 35.4 Å². The van der Waals surface area contributed by atoms with Crippen LogP contribution in [0.1, 0.15) is 24.5 Å². The molecule has 0 aliphatic carbocycles. The van der Waals surface area contributed by atoms with E-state index in [0.29, 0.717) is 18.7 Å². The van der Waals surface area contributed by atoms with Crippen LogP contribution < -0.4 is 5.32 Å². The Hall–Kier alpha value is -1.49. The van der Waals surface area contributed by atoms with Crippen molar-refractivity contribution >= 4 is 23.6 Å². The number of aliphatic carboxylic acids is 1. The van der Waals surface area contributed by atoms with Gasteiger partial charge < -0.3 is 10.4 Å². The molecule has 5 heteroatoms. The van der Waals surface area contributed by atoms with Crippen LogP contribution in [0.4, 0.5) is 0 Å². The minimum atomic E-state index is -0.822. The van der Waals surface area contributed by atoms with Crippen molar-refractivity contribution in [2.24, 2.45) is 0 Å². The molecule has 0 radical (unpaired) electrons. The number of carbonyl (C=O) groups excluding carboxylic acids is 1. The van der Waals surface area contributed by atoms with Gasteiger partial charge in [-0.05, 0) is 24.0 Å². The molecule has 0 aliphatic rings. The summed E-state index contributed by atoms with van der Waals surface area (Å²) in [5.41, 5.74) is 2.46. The van der Waals surface area contributed by atoms with Crippen molar-refractivity contribution in [1.29, 1.82) is 0 Å². The molecule has 0 aromatic heterocycles. The van der Waals surface area contributed by atoms with E-state index in [2.05, 4.69) is 36.5 Å². The number of carbonyl (C=O) groups is 2. The van der Waals surface area contributed by atoms with E-state index in [4.69, 9.17) is 5.11 Å². The summed E-state index contributed by atoms with van der Waals surface area (Å²) in [6, 6.07) is 8.31. The second-order valence-corrected chi connectivity index (χ2v) is 5.57. The molecule has 0 heterocycles. The van der Waals surface area contributed by atoms with Crippen LogP contribution in [0.3, 0.4) is 0 Å². The van der Waals surface area contributed by atoms with Crippen LogP contribution in [0, 0.1) is 0 Å². The van der Waals surface area contributed by atoms with Crippen LogP contribution in [0.5, 0.6) is 0 Å². The maximum Gasteiger partial charge on any atom is 0.313 e. The maximum atomic E-state index is 11.6. The summed E-state index contributed by atoms with van der Waals surface area (Å²) < 4.78 is 0. The molecular weight excluding hydrogens is 274 g/mol. The van der Waals surface area contributed by atoms with Gasteiger partial charge in [0.05, 0.1) is 5.75 Å². The van der Waals surface area contributed by atoms with Crippen LogP contribution >= 0.6 is 11.8 Å². The van der Waals surface area contributed by atoms with Crippen molar-refractivity contribution in [1.82, 2.24) is 5.32 Å². The summed E-state index contributed by atoms with van der Waals surface area (Å²) in [7, 11) is 0. The van der Waals surface area contributed by atoms with E-state index >= 15 is 0 Å². The van der Waals surface area contributed by atoms with Crippen molar-refractivity contribution in [2.45, 2.75) is 26.2 Å². The third-order valence-corrected chi connectivity index (χ3v) is 3.81. The van der Waals surface area contributed by atoms with E-state index < -0.39 is 5.97 Å². The minimum Gasteiger partial charge on any atom is -0.481 e. The molecule has 20 heavy (non-hydrogen) atoms. The molecule has 1 aromatic carbocycles. The van der Waals surface area contributed by atoms with Gasteiger partial charge in [-0.2, -0.15) is 0 Å². The van der Waals surface area contributed by atoms with Gasteiger partial charge in [0.25, 0.3) is 0 Å². The Bertz CT molecular complexity index is 431. The standard InChI is InChI=1S/C15H21NO3S/c1-2-12-3-5-13(6-4-12)7-8-14(17)16-9-10-20-11-15(18)19/h3-6H,2,7-11H2,1H3,(H,16,17)(H,18,19). The van der Waals surface area contributed by atoms with E-state index in [0.717, 1.165) is 18.4 Å². The molecule has 0 bridgehead atoms. The highest BCUT2D eigenvalue weighted by Gasteiger charge is 2.02. The summed E-state index contributed by atoms with van der Waals surface area (Å²) >= 11 is 1.31. The average Bonchev–Trinajstić information content (AvgIpc) is 2.45. The highest BCUT2D eigenvalue weighted by molar-refractivity contribution is 7.99. The Labute approximate surface area is 124 Å². The van der Waals surface area contributed by atoms with Crippen LogP contribution in [0.15, 0.2) is 24.3 Å². The minimum absolute atomic E-state index is 0.0143. The van der Waals surface area contributed by atoms with Crippen molar-refractivity contribution in [3.63, 3.8) is 0 Å². The van der Waals surface area contributed by atoms with Crippen LogP contribution in [0.25, 0.3) is 0 Å². The molecule has 0 aliphatic heterocycles. The first kappa shape index (κ1) is 16.6. The summed E-state index contributed by atoms with van der Waals surface area (Å²) in [5, 5.41) is 11.3. The zero-order chi connectivity index (χ0) is 14.8. The van der Waals surface area contributed by atoms with Gasteiger partial charge in [-0.1, -0.05) is 31.2 Å². The van der Waals surface area contributed by atoms with Crippen LogP contribution in [-0.4, -0.2) is 35.0 Å². The number of aryl methyl sites for hydroxylation is 2. The summed E-state index contributed by atoms with van der Waals surface area (Å²) in [4.78, 5) is 21.9. The van der Waals surface area contributed by atoms with Crippen molar-refractivity contribution in [2.75, 3.05) is 18.1 Å². The number of rotatable bonds is 9. The molecule has 1 aromatic rings. The van der Waals surface area contributed by atoms with E-state index in [1.807, 2.05) is 0 Å². The number of benzene rings is 1. The predicted octanol–water partition coefficient (Wildman–Crippen LogP) is 2.12. The van der Waals surface area contributed by atoms with E-state index in [1.165, 1.54) is 17.3 Å². The Morgan fingerprint density at radius 2 is 1.85 bits per heavy atom. The van der Waals surface area contributed by atoms with Gasteiger partial charge in [0, 0.05) is 18.7 Å². The Balaban J connectivity index is 2.14. The Kier molecular flexibility index (Phi) is 7.80. The second-order valence-electron chi connectivity index (χ2n) is 4.47. The zero-order valence-corrected chi connectivity index (χ0v) is 12.5. The molecule has 2 N–H and O–H groups in total. The summed E-state index contributed by atoms with van der Waals surface area (Å²) in [6.07, 6.45) is 2.22. The van der Waals surface area contributed by atoms with Crippen molar-refractivity contribution < 1.29 is 14.7 Å². The van der Waals surface area contributed by atoms with Gasteiger partial charge in [-0.3, -0.25) is 9.59 Å². The van der Waals surface area contributed by atoms with E-state index in [1.54, 1.807) is 0 Å². The fourth-order valence-electron chi connectivity index (χ4n) is 1.71. The fraction of sp³-hybridized carbons (Fsp3) is 0.467. The normalized spacial score (nSPS) is 10.2. The first-order valence-corrected chi connectivity index (χ1v) is 7.91. The Morgan fingerprint density at radius 3 is 2.45 bits per heavy atom. The number of amides is 1. The average molecular weight is 295 g/mol. The van der Waals surface area contributed by atoms with Crippen LogP contribution in [0.2, 0.25) is 0 Å². The van der Waals surface area contributed by atoms with E-state index in [9.17, 15) is 9.59 Å². The lowest BCUT2D eigenvalue weighted by Gasteiger charge is -2.05. The molecule has 0 saturated carbocycles. The SMILES string of the molecule is CCc1ccc(CCC(=O)NCCSCC(=O)O)cc1. The topological polar surface area (TPSA) is 66.4 Å². The number of nitrogens with one attached hydrogen (secondary N) is 1. The molecule has 0 unspecified atom stereocenters. The first-order chi connectivity index (χ1) is 9.61. The molecule has 4 nitrogen and oxygen atoms in total. The van der Waals surface area contributed by atoms with E-state index in [-0.39, 0.29) is 11.7 Å². The number of carboxylic acids is 1. The lowest BCUT2D eigenvalue weighted by atomic mass is 10.1. The molecule has 0 saturated heterocycles. The third kappa shape index (κ3) is 7.19. The highest BCUT2D eigenvalue weighted by Crippen LogP contribution is 2.07. The number of carboxylic acid groups (broad SMARTS) is 1. The van der Waals surface area contributed by atoms with Crippen molar-refractivity contribution in [3.8, 4) is 0 Å². The van der Waals surface area contributed by atoms with Gasteiger partial charge in [0.1, 0.15) is 0 Å². The lowest BCUT2D eigenvalue weighted by Crippen LogP contribution is -2.26. The van der Waals surface area contributed by atoms with Gasteiger partial charge in [-0.25, -0.2) is 0 Å². The molecular formula is C15H21NO3S. The molecule has 1 amide bonds. The zero-order valence-electron chi connectivity index (χ0n) is 11.7. The predicted molar refractivity (Wildman–Crippen MR) is 82.1 cm³/mol. The monoisotopic (exact) mass is 295 g/mol. The largest absolute Gasteiger partial charge is 0.481 e. The number of thioether (sulfide) groups is 1. The smallest absolute Gasteiger partial charge is 0.313 e. The fourth-order valence-corrected chi connectivity index (χ4v) is 2.28. The number of hydrogen-bond donors (Lipinski definition) is 2. The summed E-state index contributed by atoms with van der Waals surface area (Å²) in [6.45, 7) is 2.64. The quantitative estimate of drug-likeness (QED) is 0.685. The second kappa shape index (κ2) is 9.42. The molecule has 0 spiro atoms. The van der Waals surface area contributed by atoms with Gasteiger partial charge >= 0.3 is 5.97 Å². The Morgan fingerprint density at radius 1 is 1.20 bits per heavy atom. The molecule has 0 atom stereocenters. The van der Waals surface area contributed by atoms with Gasteiger partial charge in [-0.15, -0.1) is 11.8 Å². The number of hydrogen-bond acceptors (Lipinski definition) is 3. The lowest BCUT2D eigenvalue weighted by molar-refractivity contribution is -0.133. The molecule has 0 fully saturated rings. The third-order valence-electron chi connectivity index (χ3n) is 2.87. The van der Waals surface area contributed by atoms with Gasteiger partial charge in [0.2, 0.25) is 5.91 Å². The first-order valence-electron chi connectivity index (χ1n) is 6.76. The molecule has 1 rings (SSSR count). The maximum absolute atomic E-state index is 11.6. The molecule has 110 valence electrons. The van der Waals surface area contributed by atoms with Gasteiger partial charge in [0.15, 0.2) is 0 Å².